The highest BCUT2D eigenvalue weighted by Crippen LogP contribution is 2.43. The second kappa shape index (κ2) is 7.08. The van der Waals surface area contributed by atoms with E-state index in [1.165, 1.54) is 18.4 Å². The van der Waals surface area contributed by atoms with E-state index in [-0.39, 0.29) is 5.41 Å². The molecule has 1 aromatic carbocycles. The maximum Gasteiger partial charge on any atom is 0.233 e. The number of amides is 1. The van der Waals surface area contributed by atoms with E-state index in [4.69, 9.17) is 5.73 Å². The SMILES string of the molecule is CCC1(C(=O)N(CCCN)c2cccc(C)c2)CCCC1. The molecule has 3 heteroatoms. The maximum absolute atomic E-state index is 13.2. The Labute approximate surface area is 128 Å². The number of aryl methyl sites for hydroxylation is 1. The van der Waals surface area contributed by atoms with Crippen LogP contribution in [-0.2, 0) is 4.79 Å². The summed E-state index contributed by atoms with van der Waals surface area (Å²) < 4.78 is 0. The lowest BCUT2D eigenvalue weighted by molar-refractivity contribution is -0.128. The summed E-state index contributed by atoms with van der Waals surface area (Å²) in [5.74, 6) is 0.307. The number of anilines is 1. The number of nitrogens with zero attached hydrogens (tertiary/aromatic N) is 1. The molecule has 1 saturated carbocycles. The molecule has 1 amide bonds. The summed E-state index contributed by atoms with van der Waals surface area (Å²) in [7, 11) is 0. The van der Waals surface area contributed by atoms with E-state index < -0.39 is 0 Å². The smallest absolute Gasteiger partial charge is 0.233 e. The van der Waals surface area contributed by atoms with Crippen LogP contribution >= 0.6 is 0 Å². The lowest BCUT2D eigenvalue weighted by Crippen LogP contribution is -2.43. The first-order valence-corrected chi connectivity index (χ1v) is 8.21. The Hall–Kier alpha value is -1.35. The number of carbonyl (C=O) groups is 1. The van der Waals surface area contributed by atoms with Gasteiger partial charge >= 0.3 is 0 Å². The first-order valence-electron chi connectivity index (χ1n) is 8.21. The lowest BCUT2D eigenvalue weighted by Gasteiger charge is -2.34. The van der Waals surface area contributed by atoms with Gasteiger partial charge in [0.05, 0.1) is 0 Å². The van der Waals surface area contributed by atoms with Gasteiger partial charge in [0.2, 0.25) is 5.91 Å². The van der Waals surface area contributed by atoms with E-state index in [1.807, 2.05) is 17.0 Å². The molecular formula is C18H28N2O. The molecule has 3 nitrogen and oxygen atoms in total. The third kappa shape index (κ3) is 3.46. The van der Waals surface area contributed by atoms with Crippen LogP contribution in [-0.4, -0.2) is 19.0 Å². The summed E-state index contributed by atoms with van der Waals surface area (Å²) in [4.78, 5) is 15.2. The Bertz CT molecular complexity index is 478. The second-order valence-corrected chi connectivity index (χ2v) is 6.28. The maximum atomic E-state index is 13.2. The third-order valence-electron chi connectivity index (χ3n) is 4.84. The number of hydrogen-bond acceptors (Lipinski definition) is 2. The van der Waals surface area contributed by atoms with Crippen molar-refractivity contribution >= 4 is 11.6 Å². The second-order valence-electron chi connectivity index (χ2n) is 6.28. The molecule has 0 heterocycles. The minimum atomic E-state index is -0.141. The van der Waals surface area contributed by atoms with Crippen LogP contribution in [0, 0.1) is 12.3 Å². The first kappa shape index (κ1) is 16.0. The molecule has 0 radical (unpaired) electrons. The molecule has 0 saturated heterocycles. The molecule has 116 valence electrons. The summed E-state index contributed by atoms with van der Waals surface area (Å²) in [5, 5.41) is 0. The standard InChI is InChI=1S/C18H28N2O/c1-3-18(10-4-5-11-18)17(21)20(13-7-12-19)16-9-6-8-15(2)14-16/h6,8-9,14H,3-5,7,10-13,19H2,1-2H3. The topological polar surface area (TPSA) is 46.3 Å². The molecular weight excluding hydrogens is 260 g/mol. The zero-order valence-corrected chi connectivity index (χ0v) is 13.4. The van der Waals surface area contributed by atoms with Gasteiger partial charge in [-0.25, -0.2) is 0 Å². The molecule has 1 aliphatic carbocycles. The van der Waals surface area contributed by atoms with Crippen LogP contribution in [0.15, 0.2) is 24.3 Å². The molecule has 0 aliphatic heterocycles. The quantitative estimate of drug-likeness (QED) is 0.868. The summed E-state index contributed by atoms with van der Waals surface area (Å²) >= 11 is 0. The van der Waals surface area contributed by atoms with Crippen LogP contribution in [0.25, 0.3) is 0 Å². The van der Waals surface area contributed by atoms with Crippen LogP contribution in [0.5, 0.6) is 0 Å². The Morgan fingerprint density at radius 1 is 1.33 bits per heavy atom. The minimum absolute atomic E-state index is 0.141. The Balaban J connectivity index is 2.28. The Morgan fingerprint density at radius 3 is 2.62 bits per heavy atom. The van der Waals surface area contributed by atoms with Crippen LogP contribution < -0.4 is 10.6 Å². The van der Waals surface area contributed by atoms with Crippen molar-refractivity contribution in [1.29, 1.82) is 0 Å². The molecule has 0 bridgehead atoms. The highest BCUT2D eigenvalue weighted by Gasteiger charge is 2.42. The molecule has 1 aliphatic rings. The third-order valence-corrected chi connectivity index (χ3v) is 4.84. The van der Waals surface area contributed by atoms with Gasteiger partial charge in [0.25, 0.3) is 0 Å². The zero-order chi connectivity index (χ0) is 15.3. The average molecular weight is 288 g/mol. The molecule has 21 heavy (non-hydrogen) atoms. The normalized spacial score (nSPS) is 16.9. The monoisotopic (exact) mass is 288 g/mol. The van der Waals surface area contributed by atoms with E-state index in [1.54, 1.807) is 0 Å². The highest BCUT2D eigenvalue weighted by atomic mass is 16.2. The number of carbonyl (C=O) groups excluding carboxylic acids is 1. The minimum Gasteiger partial charge on any atom is -0.330 e. The molecule has 0 spiro atoms. The van der Waals surface area contributed by atoms with Crippen molar-refractivity contribution in [2.45, 2.75) is 52.4 Å². The average Bonchev–Trinajstić information content (AvgIpc) is 2.97. The van der Waals surface area contributed by atoms with Crippen LogP contribution in [0.4, 0.5) is 5.69 Å². The van der Waals surface area contributed by atoms with Crippen LogP contribution in [0.1, 0.15) is 51.0 Å². The number of rotatable bonds is 6. The molecule has 0 atom stereocenters. The van der Waals surface area contributed by atoms with Gasteiger partial charge in [-0.05, 0) is 56.8 Å². The molecule has 1 aromatic rings. The fourth-order valence-electron chi connectivity index (χ4n) is 3.45. The van der Waals surface area contributed by atoms with Crippen molar-refractivity contribution in [3.63, 3.8) is 0 Å². The number of nitrogens with two attached hydrogens (primary N) is 1. The molecule has 2 N–H and O–H groups in total. The largest absolute Gasteiger partial charge is 0.330 e. The van der Waals surface area contributed by atoms with Crippen molar-refractivity contribution < 1.29 is 4.79 Å². The summed E-state index contributed by atoms with van der Waals surface area (Å²) in [6.45, 7) is 5.57. The Kier molecular flexibility index (Phi) is 5.40. The van der Waals surface area contributed by atoms with Gasteiger partial charge in [-0.2, -0.15) is 0 Å². The van der Waals surface area contributed by atoms with Gasteiger partial charge in [-0.1, -0.05) is 31.9 Å². The van der Waals surface area contributed by atoms with Crippen molar-refractivity contribution in [1.82, 2.24) is 0 Å². The van der Waals surface area contributed by atoms with Crippen molar-refractivity contribution in [3.05, 3.63) is 29.8 Å². The summed E-state index contributed by atoms with van der Waals surface area (Å²) in [5.41, 5.74) is 7.74. The Morgan fingerprint density at radius 2 is 2.05 bits per heavy atom. The van der Waals surface area contributed by atoms with Crippen LogP contribution in [0.3, 0.4) is 0 Å². The van der Waals surface area contributed by atoms with Gasteiger partial charge in [0.1, 0.15) is 0 Å². The van der Waals surface area contributed by atoms with E-state index in [0.29, 0.717) is 12.5 Å². The van der Waals surface area contributed by atoms with Gasteiger partial charge in [0, 0.05) is 17.6 Å². The van der Waals surface area contributed by atoms with Crippen molar-refractivity contribution in [2.75, 3.05) is 18.0 Å². The fraction of sp³-hybridized carbons (Fsp3) is 0.611. The fourth-order valence-corrected chi connectivity index (χ4v) is 3.45. The highest BCUT2D eigenvalue weighted by molar-refractivity contribution is 5.97. The van der Waals surface area contributed by atoms with Gasteiger partial charge in [-0.15, -0.1) is 0 Å². The van der Waals surface area contributed by atoms with Crippen molar-refractivity contribution in [3.8, 4) is 0 Å². The van der Waals surface area contributed by atoms with Crippen LogP contribution in [0.2, 0.25) is 0 Å². The van der Waals surface area contributed by atoms with E-state index >= 15 is 0 Å². The molecule has 0 aromatic heterocycles. The summed E-state index contributed by atoms with van der Waals surface area (Å²) in [6, 6.07) is 8.24. The van der Waals surface area contributed by atoms with Gasteiger partial charge in [0.15, 0.2) is 0 Å². The van der Waals surface area contributed by atoms with Crippen molar-refractivity contribution in [2.24, 2.45) is 11.1 Å². The molecule has 0 unspecified atom stereocenters. The van der Waals surface area contributed by atoms with Gasteiger partial charge < -0.3 is 10.6 Å². The predicted octanol–water partition coefficient (Wildman–Crippen LogP) is 3.65. The lowest BCUT2D eigenvalue weighted by atomic mass is 9.81. The van der Waals surface area contributed by atoms with E-state index in [9.17, 15) is 4.79 Å². The van der Waals surface area contributed by atoms with E-state index in [2.05, 4.69) is 26.0 Å². The summed E-state index contributed by atoms with van der Waals surface area (Å²) in [6.07, 6.45) is 6.22. The molecule has 2 rings (SSSR count). The first-order chi connectivity index (χ1) is 10.1. The number of hydrogen-bond donors (Lipinski definition) is 1. The molecule has 1 fully saturated rings. The van der Waals surface area contributed by atoms with Gasteiger partial charge in [-0.3, -0.25) is 4.79 Å². The zero-order valence-electron chi connectivity index (χ0n) is 13.4. The van der Waals surface area contributed by atoms with E-state index in [0.717, 1.165) is 37.9 Å². The predicted molar refractivity (Wildman–Crippen MR) is 88.4 cm³/mol. The number of benzene rings is 1.